The lowest BCUT2D eigenvalue weighted by atomic mass is 10.2. The molecule has 0 aromatic heterocycles. The smallest absolute Gasteiger partial charge is 0.303 e. The highest BCUT2D eigenvalue weighted by Gasteiger charge is 2.20. The third-order valence-corrected chi connectivity index (χ3v) is 4.08. The van der Waals surface area contributed by atoms with Gasteiger partial charge in [-0.25, -0.2) is 13.1 Å². The van der Waals surface area contributed by atoms with Crippen molar-refractivity contribution in [1.82, 2.24) is 4.72 Å². The van der Waals surface area contributed by atoms with Crippen molar-refractivity contribution in [3.8, 4) is 0 Å². The Hall–Kier alpha value is -0.620. The van der Waals surface area contributed by atoms with Gasteiger partial charge in [0.05, 0.1) is 5.75 Å². The summed E-state index contributed by atoms with van der Waals surface area (Å²) < 4.78 is 25.2. The van der Waals surface area contributed by atoms with Crippen molar-refractivity contribution < 1.29 is 18.3 Å². The van der Waals surface area contributed by atoms with Gasteiger partial charge in [0, 0.05) is 13.0 Å². The first-order valence-corrected chi connectivity index (χ1v) is 7.34. The van der Waals surface area contributed by atoms with E-state index >= 15 is 0 Å². The molecule has 0 radical (unpaired) electrons. The molecule has 0 heterocycles. The maximum atomic E-state index is 11.4. The molecule has 16 heavy (non-hydrogen) atoms. The maximum absolute atomic E-state index is 11.4. The molecule has 1 fully saturated rings. The van der Waals surface area contributed by atoms with Gasteiger partial charge in [0.2, 0.25) is 10.0 Å². The van der Waals surface area contributed by atoms with Crippen molar-refractivity contribution in [2.24, 2.45) is 5.92 Å². The van der Waals surface area contributed by atoms with Crippen LogP contribution in [0.5, 0.6) is 0 Å². The second kappa shape index (κ2) is 6.20. The Morgan fingerprint density at radius 2 is 2.00 bits per heavy atom. The van der Waals surface area contributed by atoms with Crippen LogP contribution >= 0.6 is 0 Å². The van der Waals surface area contributed by atoms with Gasteiger partial charge < -0.3 is 5.11 Å². The third-order valence-electron chi connectivity index (χ3n) is 2.61. The van der Waals surface area contributed by atoms with Gasteiger partial charge in [-0.15, -0.1) is 0 Å². The van der Waals surface area contributed by atoms with Gasteiger partial charge in [-0.3, -0.25) is 4.79 Å². The number of rotatable bonds is 9. The van der Waals surface area contributed by atoms with Crippen LogP contribution in [0.4, 0.5) is 0 Å². The molecule has 1 aliphatic carbocycles. The SMILES string of the molecule is O=C(O)CCCS(=O)(=O)NCCCC1CC1. The van der Waals surface area contributed by atoms with E-state index < -0.39 is 16.0 Å². The fourth-order valence-electron chi connectivity index (χ4n) is 1.51. The van der Waals surface area contributed by atoms with Crippen molar-refractivity contribution in [3.05, 3.63) is 0 Å². The Balaban J connectivity index is 2.04. The van der Waals surface area contributed by atoms with Crippen molar-refractivity contribution in [2.45, 2.75) is 38.5 Å². The Morgan fingerprint density at radius 3 is 2.56 bits per heavy atom. The number of aliphatic carboxylic acids is 1. The zero-order valence-corrected chi connectivity index (χ0v) is 10.1. The first-order valence-electron chi connectivity index (χ1n) is 5.69. The van der Waals surface area contributed by atoms with Gasteiger partial charge in [0.15, 0.2) is 0 Å². The minimum absolute atomic E-state index is 0.0943. The molecule has 0 unspecified atom stereocenters. The fraction of sp³-hybridized carbons (Fsp3) is 0.900. The molecule has 1 rings (SSSR count). The number of hydrogen-bond donors (Lipinski definition) is 2. The minimum atomic E-state index is -3.27. The average molecular weight is 249 g/mol. The Bertz CT molecular complexity index is 322. The molecule has 0 amide bonds. The van der Waals surface area contributed by atoms with Crippen molar-refractivity contribution >= 4 is 16.0 Å². The second-order valence-corrected chi connectivity index (χ2v) is 6.22. The van der Waals surface area contributed by atoms with Crippen molar-refractivity contribution in [1.29, 1.82) is 0 Å². The minimum Gasteiger partial charge on any atom is -0.481 e. The van der Waals surface area contributed by atoms with E-state index in [9.17, 15) is 13.2 Å². The quantitative estimate of drug-likeness (QED) is 0.596. The Labute approximate surface area is 96.3 Å². The van der Waals surface area contributed by atoms with E-state index in [1.165, 1.54) is 12.8 Å². The first kappa shape index (κ1) is 13.4. The summed E-state index contributed by atoms with van der Waals surface area (Å²) in [5, 5.41) is 8.38. The van der Waals surface area contributed by atoms with Gasteiger partial charge in [0.1, 0.15) is 0 Å². The van der Waals surface area contributed by atoms with E-state index in [0.29, 0.717) is 6.54 Å². The molecule has 2 N–H and O–H groups in total. The van der Waals surface area contributed by atoms with Crippen LogP contribution in [0.25, 0.3) is 0 Å². The summed E-state index contributed by atoms with van der Waals surface area (Å²) in [4.78, 5) is 10.2. The molecule has 0 aromatic carbocycles. The summed E-state index contributed by atoms with van der Waals surface area (Å²) in [5.41, 5.74) is 0. The normalized spacial score (nSPS) is 16.2. The molecule has 0 saturated heterocycles. The lowest BCUT2D eigenvalue weighted by Gasteiger charge is -2.05. The summed E-state index contributed by atoms with van der Waals surface area (Å²) in [6.07, 6.45) is 4.62. The predicted molar refractivity (Wildman–Crippen MR) is 60.6 cm³/mol. The van der Waals surface area contributed by atoms with Gasteiger partial charge >= 0.3 is 5.97 Å². The van der Waals surface area contributed by atoms with Gasteiger partial charge in [-0.1, -0.05) is 12.8 Å². The number of sulfonamides is 1. The predicted octanol–water partition coefficient (Wildman–Crippen LogP) is 0.961. The summed E-state index contributed by atoms with van der Waals surface area (Å²) in [6, 6.07) is 0. The lowest BCUT2D eigenvalue weighted by molar-refractivity contribution is -0.137. The molecule has 0 aromatic rings. The Kier molecular flexibility index (Phi) is 5.21. The highest BCUT2D eigenvalue weighted by Crippen LogP contribution is 2.33. The number of carboxylic acids is 1. The van der Waals surface area contributed by atoms with E-state index in [1.54, 1.807) is 0 Å². The molecular weight excluding hydrogens is 230 g/mol. The third kappa shape index (κ3) is 6.79. The molecule has 0 spiro atoms. The molecule has 5 nitrogen and oxygen atoms in total. The number of carbonyl (C=O) groups is 1. The van der Waals surface area contributed by atoms with E-state index in [-0.39, 0.29) is 18.6 Å². The molecule has 1 saturated carbocycles. The van der Waals surface area contributed by atoms with Gasteiger partial charge in [0.25, 0.3) is 0 Å². The monoisotopic (exact) mass is 249 g/mol. The molecule has 6 heteroatoms. The van der Waals surface area contributed by atoms with Crippen LogP contribution in [0.15, 0.2) is 0 Å². The largest absolute Gasteiger partial charge is 0.481 e. The summed E-state index contributed by atoms with van der Waals surface area (Å²) in [5.74, 6) is -0.233. The molecule has 0 atom stereocenters. The fourth-order valence-corrected chi connectivity index (χ4v) is 2.63. The van der Waals surface area contributed by atoms with Crippen LogP contribution in [0, 0.1) is 5.92 Å². The van der Waals surface area contributed by atoms with Crippen LogP contribution in [-0.4, -0.2) is 31.8 Å². The molecule has 94 valence electrons. The van der Waals surface area contributed by atoms with E-state index in [2.05, 4.69) is 4.72 Å². The van der Waals surface area contributed by atoms with Crippen LogP contribution in [0.2, 0.25) is 0 Å². The average Bonchev–Trinajstić information content (AvgIpc) is 2.95. The topological polar surface area (TPSA) is 83.5 Å². The van der Waals surface area contributed by atoms with Gasteiger partial charge in [-0.05, 0) is 25.2 Å². The number of nitrogens with one attached hydrogen (secondary N) is 1. The van der Waals surface area contributed by atoms with E-state index in [4.69, 9.17) is 5.11 Å². The van der Waals surface area contributed by atoms with Crippen LogP contribution in [0.3, 0.4) is 0 Å². The molecule has 1 aliphatic rings. The van der Waals surface area contributed by atoms with Crippen LogP contribution in [-0.2, 0) is 14.8 Å². The molecular formula is C10H19NO4S. The molecule has 0 aliphatic heterocycles. The first-order chi connectivity index (χ1) is 7.49. The Morgan fingerprint density at radius 1 is 1.31 bits per heavy atom. The van der Waals surface area contributed by atoms with Crippen molar-refractivity contribution in [2.75, 3.05) is 12.3 Å². The maximum Gasteiger partial charge on any atom is 0.303 e. The van der Waals surface area contributed by atoms with Gasteiger partial charge in [-0.2, -0.15) is 0 Å². The standard InChI is InChI=1S/C10H19NO4S/c12-10(13)4-2-8-16(14,15)11-7-1-3-9-5-6-9/h9,11H,1-8H2,(H,12,13). The highest BCUT2D eigenvalue weighted by atomic mass is 32.2. The van der Waals surface area contributed by atoms with E-state index in [1.807, 2.05) is 0 Å². The van der Waals surface area contributed by atoms with E-state index in [0.717, 1.165) is 18.8 Å². The van der Waals surface area contributed by atoms with Crippen LogP contribution < -0.4 is 4.72 Å². The lowest BCUT2D eigenvalue weighted by Crippen LogP contribution is -2.27. The number of hydrogen-bond acceptors (Lipinski definition) is 3. The number of carboxylic acid groups (broad SMARTS) is 1. The molecule has 0 bridgehead atoms. The highest BCUT2D eigenvalue weighted by molar-refractivity contribution is 7.89. The summed E-state index contributed by atoms with van der Waals surface area (Å²) in [6.45, 7) is 0.478. The van der Waals surface area contributed by atoms with Crippen LogP contribution in [0.1, 0.15) is 38.5 Å². The summed E-state index contributed by atoms with van der Waals surface area (Å²) >= 11 is 0. The second-order valence-electron chi connectivity index (χ2n) is 4.30. The zero-order valence-electron chi connectivity index (χ0n) is 9.31. The van der Waals surface area contributed by atoms with Crippen molar-refractivity contribution in [3.63, 3.8) is 0 Å². The summed E-state index contributed by atoms with van der Waals surface area (Å²) in [7, 11) is -3.27. The zero-order chi connectivity index (χ0) is 12.0.